The van der Waals surface area contributed by atoms with E-state index in [4.69, 9.17) is 14.7 Å². The van der Waals surface area contributed by atoms with Crippen molar-refractivity contribution in [1.29, 1.82) is 5.26 Å². The summed E-state index contributed by atoms with van der Waals surface area (Å²) in [5.74, 6) is -0.127. The summed E-state index contributed by atoms with van der Waals surface area (Å²) in [6.07, 6.45) is 2.83. The number of nitrogens with one attached hydrogen (secondary N) is 1. The van der Waals surface area contributed by atoms with Crippen molar-refractivity contribution in [3.63, 3.8) is 0 Å². The molecule has 2 rings (SSSR count). The van der Waals surface area contributed by atoms with Gasteiger partial charge in [0.2, 0.25) is 0 Å². The Morgan fingerprint density at radius 2 is 2.04 bits per heavy atom. The average Bonchev–Trinajstić information content (AvgIpc) is 2.70. The summed E-state index contributed by atoms with van der Waals surface area (Å²) in [5.41, 5.74) is 1.35. The molecule has 138 valence electrons. The second-order valence-electron chi connectivity index (χ2n) is 5.21. The van der Waals surface area contributed by atoms with Crippen molar-refractivity contribution >= 4 is 35.4 Å². The molecule has 2 aromatic rings. The number of carbonyl (C=O) groups is 2. The molecule has 0 heterocycles. The molecule has 0 aliphatic rings. The Labute approximate surface area is 161 Å². The zero-order valence-corrected chi connectivity index (χ0v) is 15.5. The van der Waals surface area contributed by atoms with Gasteiger partial charge < -0.3 is 14.8 Å². The standard InChI is InChI=1S/C20H18N2O4S/c1-25-16-6-4-5-15(13-16)9-10-20(24)26-14-19(23)22-17-7-2-3-8-18(17)27-12-11-21/h2-10,13H,12,14H2,1H3,(H,22,23)/b10-9+. The smallest absolute Gasteiger partial charge is 0.331 e. The Bertz CT molecular complexity index is 874. The highest BCUT2D eigenvalue weighted by atomic mass is 32.2. The maximum atomic E-state index is 12.0. The Morgan fingerprint density at radius 1 is 1.22 bits per heavy atom. The van der Waals surface area contributed by atoms with Gasteiger partial charge in [0.05, 0.1) is 24.6 Å². The summed E-state index contributed by atoms with van der Waals surface area (Å²) in [4.78, 5) is 24.5. The van der Waals surface area contributed by atoms with Crippen molar-refractivity contribution in [2.75, 3.05) is 24.8 Å². The maximum Gasteiger partial charge on any atom is 0.331 e. The van der Waals surface area contributed by atoms with Crippen LogP contribution in [0.25, 0.3) is 6.08 Å². The van der Waals surface area contributed by atoms with Crippen LogP contribution in [0, 0.1) is 11.3 Å². The van der Waals surface area contributed by atoms with Crippen LogP contribution in [-0.4, -0.2) is 31.3 Å². The zero-order chi connectivity index (χ0) is 19.5. The molecule has 0 atom stereocenters. The Balaban J connectivity index is 1.85. The Morgan fingerprint density at radius 3 is 2.81 bits per heavy atom. The third-order valence-electron chi connectivity index (χ3n) is 3.30. The molecule has 27 heavy (non-hydrogen) atoms. The molecular weight excluding hydrogens is 364 g/mol. The number of carbonyl (C=O) groups excluding carboxylic acids is 2. The molecule has 0 radical (unpaired) electrons. The first-order valence-corrected chi connectivity index (χ1v) is 8.98. The summed E-state index contributed by atoms with van der Waals surface area (Å²) in [5, 5.41) is 11.4. The summed E-state index contributed by atoms with van der Waals surface area (Å²) >= 11 is 1.32. The minimum Gasteiger partial charge on any atom is -0.497 e. The van der Waals surface area contributed by atoms with Gasteiger partial charge in [-0.1, -0.05) is 24.3 Å². The fraction of sp³-hybridized carbons (Fsp3) is 0.150. The van der Waals surface area contributed by atoms with Gasteiger partial charge in [0, 0.05) is 11.0 Å². The molecule has 0 spiro atoms. The van der Waals surface area contributed by atoms with Crippen LogP contribution < -0.4 is 10.1 Å². The van der Waals surface area contributed by atoms with Crippen molar-refractivity contribution in [2.45, 2.75) is 4.90 Å². The Kier molecular flexibility index (Phi) is 7.94. The van der Waals surface area contributed by atoms with Gasteiger partial charge in [0.15, 0.2) is 6.61 Å². The quantitative estimate of drug-likeness (QED) is 0.427. The highest BCUT2D eigenvalue weighted by Gasteiger charge is 2.09. The molecule has 0 fully saturated rings. The van der Waals surface area contributed by atoms with Gasteiger partial charge in [-0.25, -0.2) is 4.79 Å². The topological polar surface area (TPSA) is 88.4 Å². The summed E-state index contributed by atoms with van der Waals surface area (Å²) in [6, 6.07) is 16.3. The van der Waals surface area contributed by atoms with Gasteiger partial charge in [-0.15, -0.1) is 11.8 Å². The lowest BCUT2D eigenvalue weighted by Crippen LogP contribution is -2.20. The van der Waals surface area contributed by atoms with Gasteiger partial charge in [-0.3, -0.25) is 4.79 Å². The van der Waals surface area contributed by atoms with E-state index in [0.29, 0.717) is 11.4 Å². The number of para-hydroxylation sites is 1. The lowest BCUT2D eigenvalue weighted by Gasteiger charge is -2.09. The number of rotatable bonds is 8. The molecular formula is C20H18N2O4S. The second-order valence-corrected chi connectivity index (χ2v) is 6.23. The number of esters is 1. The predicted octanol–water partition coefficient (Wildman–Crippen LogP) is 3.51. The SMILES string of the molecule is COc1cccc(/C=C/C(=O)OCC(=O)Nc2ccccc2SCC#N)c1. The summed E-state index contributed by atoms with van der Waals surface area (Å²) < 4.78 is 10.1. The highest BCUT2D eigenvalue weighted by Crippen LogP contribution is 2.26. The van der Waals surface area contributed by atoms with Gasteiger partial charge >= 0.3 is 5.97 Å². The van der Waals surface area contributed by atoms with Gasteiger partial charge in [-0.2, -0.15) is 5.26 Å². The molecule has 1 amide bonds. The number of nitrogens with zero attached hydrogens (tertiary/aromatic N) is 1. The van der Waals surface area contributed by atoms with Gasteiger partial charge in [0.1, 0.15) is 5.75 Å². The first kappa shape index (κ1) is 20.1. The molecule has 0 saturated carbocycles. The fourth-order valence-corrected chi connectivity index (χ4v) is 2.76. The number of thioether (sulfide) groups is 1. The molecule has 1 N–H and O–H groups in total. The van der Waals surface area contributed by atoms with Crippen molar-refractivity contribution in [1.82, 2.24) is 0 Å². The first-order valence-electron chi connectivity index (χ1n) is 8.00. The van der Waals surface area contributed by atoms with Crippen molar-refractivity contribution in [3.05, 3.63) is 60.2 Å². The fourth-order valence-electron chi connectivity index (χ4n) is 2.09. The van der Waals surface area contributed by atoms with E-state index >= 15 is 0 Å². The molecule has 6 nitrogen and oxygen atoms in total. The van der Waals surface area contributed by atoms with E-state index in [-0.39, 0.29) is 5.75 Å². The molecule has 0 unspecified atom stereocenters. The van der Waals surface area contributed by atoms with Crippen molar-refractivity contribution < 1.29 is 19.1 Å². The lowest BCUT2D eigenvalue weighted by atomic mass is 10.2. The first-order chi connectivity index (χ1) is 13.1. The van der Waals surface area contributed by atoms with E-state index in [1.807, 2.05) is 18.2 Å². The number of nitriles is 1. The van der Waals surface area contributed by atoms with E-state index in [9.17, 15) is 9.59 Å². The number of ether oxygens (including phenoxy) is 2. The molecule has 0 aliphatic heterocycles. The van der Waals surface area contributed by atoms with Gasteiger partial charge in [-0.05, 0) is 35.9 Å². The predicted molar refractivity (Wildman–Crippen MR) is 104 cm³/mol. The van der Waals surface area contributed by atoms with Crippen LogP contribution in [-0.2, 0) is 14.3 Å². The Hall–Kier alpha value is -3.24. The van der Waals surface area contributed by atoms with Crippen LogP contribution in [0.15, 0.2) is 59.5 Å². The minimum atomic E-state index is -0.625. The molecule has 0 saturated heterocycles. The van der Waals surface area contributed by atoms with Crippen LogP contribution in [0.4, 0.5) is 5.69 Å². The van der Waals surface area contributed by atoms with E-state index in [1.54, 1.807) is 49.6 Å². The number of hydrogen-bond acceptors (Lipinski definition) is 6. The van der Waals surface area contributed by atoms with E-state index in [0.717, 1.165) is 10.5 Å². The minimum absolute atomic E-state index is 0.275. The second kappa shape index (κ2) is 10.7. The third kappa shape index (κ3) is 6.88. The van der Waals surface area contributed by atoms with Crippen molar-refractivity contribution in [3.8, 4) is 11.8 Å². The normalized spacial score (nSPS) is 10.2. The summed E-state index contributed by atoms with van der Waals surface area (Å²) in [6.45, 7) is -0.404. The summed E-state index contributed by atoms with van der Waals surface area (Å²) in [7, 11) is 1.56. The van der Waals surface area contributed by atoms with E-state index in [1.165, 1.54) is 17.8 Å². The monoisotopic (exact) mass is 382 g/mol. The van der Waals surface area contributed by atoms with Crippen LogP contribution in [0.1, 0.15) is 5.56 Å². The van der Waals surface area contributed by atoms with E-state index < -0.39 is 18.5 Å². The average molecular weight is 382 g/mol. The molecule has 2 aromatic carbocycles. The molecule has 0 aliphatic carbocycles. The molecule has 0 bridgehead atoms. The largest absolute Gasteiger partial charge is 0.497 e. The van der Waals surface area contributed by atoms with Gasteiger partial charge in [0.25, 0.3) is 5.91 Å². The zero-order valence-electron chi connectivity index (χ0n) is 14.7. The van der Waals surface area contributed by atoms with Crippen LogP contribution in [0.3, 0.4) is 0 Å². The highest BCUT2D eigenvalue weighted by molar-refractivity contribution is 7.99. The number of hydrogen-bond donors (Lipinski definition) is 1. The van der Waals surface area contributed by atoms with Crippen molar-refractivity contribution in [2.24, 2.45) is 0 Å². The maximum absolute atomic E-state index is 12.0. The number of anilines is 1. The van der Waals surface area contributed by atoms with E-state index in [2.05, 4.69) is 5.32 Å². The third-order valence-corrected chi connectivity index (χ3v) is 4.24. The van der Waals surface area contributed by atoms with Crippen LogP contribution in [0.5, 0.6) is 5.75 Å². The molecule has 7 heteroatoms. The number of methoxy groups -OCH3 is 1. The molecule has 0 aromatic heterocycles. The van der Waals surface area contributed by atoms with Crippen LogP contribution >= 0.6 is 11.8 Å². The van der Waals surface area contributed by atoms with Crippen LogP contribution in [0.2, 0.25) is 0 Å². The number of benzene rings is 2. The lowest BCUT2D eigenvalue weighted by molar-refractivity contribution is -0.142. The number of amides is 1.